The summed E-state index contributed by atoms with van der Waals surface area (Å²) in [5, 5.41) is 2.82. The predicted octanol–water partition coefficient (Wildman–Crippen LogP) is 2.27. The topological polar surface area (TPSA) is 92.5 Å². The number of carbonyl (C=O) groups excluding carboxylic acids is 1. The van der Waals surface area contributed by atoms with Crippen LogP contribution >= 0.6 is 0 Å². The van der Waals surface area contributed by atoms with Crippen LogP contribution in [0.5, 0.6) is 0 Å². The lowest BCUT2D eigenvalue weighted by atomic mass is 9.94. The van der Waals surface area contributed by atoms with E-state index in [1.807, 2.05) is 13.8 Å². The average Bonchev–Trinajstić information content (AvgIpc) is 2.60. The summed E-state index contributed by atoms with van der Waals surface area (Å²) in [4.78, 5) is 12.6. The van der Waals surface area contributed by atoms with Crippen molar-refractivity contribution < 1.29 is 13.2 Å². The highest BCUT2D eigenvalue weighted by Gasteiger charge is 2.25. The first-order valence-corrected chi connectivity index (χ1v) is 10.3. The summed E-state index contributed by atoms with van der Waals surface area (Å²) in [7, 11) is -3.61. The van der Waals surface area contributed by atoms with E-state index in [9.17, 15) is 13.2 Å². The van der Waals surface area contributed by atoms with Gasteiger partial charge < -0.3 is 11.1 Å². The Bertz CT molecular complexity index is 694. The second kappa shape index (κ2) is 8.78. The van der Waals surface area contributed by atoms with Crippen LogP contribution in [0.4, 0.5) is 0 Å². The number of nitrogens with zero attached hydrogens (tertiary/aromatic N) is 1. The maximum atomic E-state index is 12.8. The molecule has 7 heteroatoms. The van der Waals surface area contributed by atoms with E-state index in [2.05, 4.69) is 5.32 Å². The summed E-state index contributed by atoms with van der Waals surface area (Å²) < 4.78 is 26.9. The molecule has 0 aliphatic heterocycles. The van der Waals surface area contributed by atoms with Crippen LogP contribution in [0.1, 0.15) is 56.5 Å². The predicted molar refractivity (Wildman–Crippen MR) is 101 cm³/mol. The molecule has 0 aliphatic rings. The van der Waals surface area contributed by atoms with Gasteiger partial charge in [-0.15, -0.1) is 0 Å². The number of amides is 1. The number of benzene rings is 1. The fourth-order valence-electron chi connectivity index (χ4n) is 2.58. The molecule has 142 valence electrons. The number of rotatable bonds is 9. The molecule has 1 aromatic rings. The number of carbonyl (C=O) groups is 1. The molecule has 1 rings (SSSR count). The molecule has 0 saturated heterocycles. The third-order valence-electron chi connectivity index (χ3n) is 4.78. The first-order chi connectivity index (χ1) is 11.6. The number of nitrogens with two attached hydrogens (primary N) is 1. The molecule has 0 aromatic heterocycles. The van der Waals surface area contributed by atoms with E-state index in [0.29, 0.717) is 30.8 Å². The summed E-state index contributed by atoms with van der Waals surface area (Å²) in [6, 6.07) is 4.76. The zero-order chi connectivity index (χ0) is 19.3. The van der Waals surface area contributed by atoms with Crippen LogP contribution in [-0.2, 0) is 10.0 Å². The third kappa shape index (κ3) is 5.03. The Morgan fingerprint density at radius 1 is 1.16 bits per heavy atom. The molecule has 25 heavy (non-hydrogen) atoms. The van der Waals surface area contributed by atoms with Crippen LogP contribution in [0.2, 0.25) is 0 Å². The highest BCUT2D eigenvalue weighted by atomic mass is 32.2. The van der Waals surface area contributed by atoms with Crippen molar-refractivity contribution in [1.29, 1.82) is 0 Å². The summed E-state index contributed by atoms with van der Waals surface area (Å²) in [5.74, 6) is -0.312. The molecule has 0 atom stereocenters. The fourth-order valence-corrected chi connectivity index (χ4v) is 4.29. The van der Waals surface area contributed by atoms with Crippen molar-refractivity contribution in [3.8, 4) is 0 Å². The van der Waals surface area contributed by atoms with Gasteiger partial charge in [-0.1, -0.05) is 33.8 Å². The SMILES string of the molecule is CCN(CC)S(=O)(=O)c1cc(C(=O)NCC(N)(CC)CC)ccc1C. The Hall–Kier alpha value is -1.44. The van der Waals surface area contributed by atoms with E-state index in [-0.39, 0.29) is 10.8 Å². The van der Waals surface area contributed by atoms with Gasteiger partial charge in [0, 0.05) is 30.7 Å². The van der Waals surface area contributed by atoms with Gasteiger partial charge >= 0.3 is 0 Å². The highest BCUT2D eigenvalue weighted by Crippen LogP contribution is 2.21. The number of hydrogen-bond acceptors (Lipinski definition) is 4. The monoisotopic (exact) mass is 369 g/mol. The minimum Gasteiger partial charge on any atom is -0.350 e. The average molecular weight is 370 g/mol. The smallest absolute Gasteiger partial charge is 0.251 e. The van der Waals surface area contributed by atoms with Crippen molar-refractivity contribution in [3.63, 3.8) is 0 Å². The van der Waals surface area contributed by atoms with Gasteiger partial charge in [0.25, 0.3) is 5.91 Å². The summed E-state index contributed by atoms with van der Waals surface area (Å²) in [6.45, 7) is 10.4. The molecule has 0 unspecified atom stereocenters. The molecule has 0 aliphatic carbocycles. The maximum Gasteiger partial charge on any atom is 0.251 e. The van der Waals surface area contributed by atoms with Crippen molar-refractivity contribution in [2.75, 3.05) is 19.6 Å². The molecule has 6 nitrogen and oxygen atoms in total. The standard InChI is InChI=1S/C18H31N3O3S/c1-6-18(19,7-2)13-20-17(22)15-11-10-14(5)16(12-15)25(23,24)21(8-3)9-4/h10-12H,6-9,13,19H2,1-5H3,(H,20,22). The van der Waals surface area contributed by atoms with E-state index < -0.39 is 15.6 Å². The van der Waals surface area contributed by atoms with Gasteiger partial charge in [-0.25, -0.2) is 8.42 Å². The molecular weight excluding hydrogens is 338 g/mol. The van der Waals surface area contributed by atoms with Crippen molar-refractivity contribution >= 4 is 15.9 Å². The van der Waals surface area contributed by atoms with Gasteiger partial charge in [0.15, 0.2) is 0 Å². The van der Waals surface area contributed by atoms with Crippen LogP contribution in [0.15, 0.2) is 23.1 Å². The Morgan fingerprint density at radius 2 is 1.72 bits per heavy atom. The van der Waals surface area contributed by atoms with Crippen molar-refractivity contribution in [1.82, 2.24) is 9.62 Å². The van der Waals surface area contributed by atoms with Gasteiger partial charge in [-0.2, -0.15) is 4.31 Å². The van der Waals surface area contributed by atoms with Crippen LogP contribution in [-0.4, -0.2) is 43.8 Å². The molecule has 0 spiro atoms. The van der Waals surface area contributed by atoms with Gasteiger partial charge in [0.05, 0.1) is 4.90 Å². The molecule has 1 amide bonds. The number of hydrogen-bond donors (Lipinski definition) is 2. The number of aryl methyl sites for hydroxylation is 1. The second-order valence-corrected chi connectivity index (χ2v) is 8.23. The molecule has 0 saturated carbocycles. The van der Waals surface area contributed by atoms with E-state index in [4.69, 9.17) is 5.73 Å². The Labute approximate surface area is 151 Å². The largest absolute Gasteiger partial charge is 0.350 e. The van der Waals surface area contributed by atoms with Crippen LogP contribution in [0, 0.1) is 6.92 Å². The van der Waals surface area contributed by atoms with Crippen molar-refractivity contribution in [2.24, 2.45) is 5.73 Å². The van der Waals surface area contributed by atoms with E-state index >= 15 is 0 Å². The first kappa shape index (κ1) is 21.6. The van der Waals surface area contributed by atoms with Crippen LogP contribution in [0.25, 0.3) is 0 Å². The molecule has 0 fully saturated rings. The minimum absolute atomic E-state index is 0.175. The highest BCUT2D eigenvalue weighted by molar-refractivity contribution is 7.89. The van der Waals surface area contributed by atoms with E-state index in [0.717, 1.165) is 12.8 Å². The third-order valence-corrected chi connectivity index (χ3v) is 6.97. The minimum atomic E-state index is -3.61. The number of nitrogens with one attached hydrogen (secondary N) is 1. The van der Waals surface area contributed by atoms with Crippen LogP contribution < -0.4 is 11.1 Å². The Morgan fingerprint density at radius 3 is 2.20 bits per heavy atom. The molecule has 1 aromatic carbocycles. The zero-order valence-corrected chi connectivity index (χ0v) is 16.7. The van der Waals surface area contributed by atoms with E-state index in [1.54, 1.807) is 32.9 Å². The van der Waals surface area contributed by atoms with Gasteiger partial charge in [0.1, 0.15) is 0 Å². The lowest BCUT2D eigenvalue weighted by Gasteiger charge is -2.27. The molecule has 0 radical (unpaired) electrons. The first-order valence-electron chi connectivity index (χ1n) is 8.83. The summed E-state index contributed by atoms with van der Waals surface area (Å²) in [6.07, 6.45) is 1.50. The molecule has 3 N–H and O–H groups in total. The number of sulfonamides is 1. The van der Waals surface area contributed by atoms with Crippen molar-refractivity contribution in [3.05, 3.63) is 29.3 Å². The quantitative estimate of drug-likeness (QED) is 0.698. The Kier molecular flexibility index (Phi) is 7.59. The lowest BCUT2D eigenvalue weighted by Crippen LogP contribution is -2.49. The molecular formula is C18H31N3O3S. The van der Waals surface area contributed by atoms with Gasteiger partial charge in [-0.3, -0.25) is 4.79 Å². The van der Waals surface area contributed by atoms with Crippen LogP contribution in [0.3, 0.4) is 0 Å². The Balaban J connectivity index is 3.11. The molecule has 0 bridgehead atoms. The van der Waals surface area contributed by atoms with Gasteiger partial charge in [-0.05, 0) is 37.5 Å². The van der Waals surface area contributed by atoms with Gasteiger partial charge in [0.2, 0.25) is 10.0 Å². The fraction of sp³-hybridized carbons (Fsp3) is 0.611. The summed E-state index contributed by atoms with van der Waals surface area (Å²) in [5.41, 5.74) is 6.71. The van der Waals surface area contributed by atoms with Crippen molar-refractivity contribution in [2.45, 2.75) is 57.9 Å². The summed E-state index contributed by atoms with van der Waals surface area (Å²) >= 11 is 0. The second-order valence-electron chi connectivity index (χ2n) is 6.32. The zero-order valence-electron chi connectivity index (χ0n) is 15.9. The normalized spacial score (nSPS) is 12.4. The molecule has 0 heterocycles. The van der Waals surface area contributed by atoms with E-state index in [1.165, 1.54) is 10.4 Å². The maximum absolute atomic E-state index is 12.8. The lowest BCUT2D eigenvalue weighted by molar-refractivity contribution is 0.0942.